The van der Waals surface area contributed by atoms with E-state index in [1.54, 1.807) is 11.3 Å². The molecule has 140 valence electrons. The van der Waals surface area contributed by atoms with Crippen molar-refractivity contribution >= 4 is 27.6 Å². The topological polar surface area (TPSA) is 42.4 Å². The highest BCUT2D eigenvalue weighted by atomic mass is 32.1. The van der Waals surface area contributed by atoms with Crippen LogP contribution in [0.25, 0.3) is 21.3 Å². The van der Waals surface area contributed by atoms with Gasteiger partial charge in [-0.05, 0) is 45.2 Å². The summed E-state index contributed by atoms with van der Waals surface area (Å²) in [5.41, 5.74) is 2.82. The summed E-state index contributed by atoms with van der Waals surface area (Å²) in [6.07, 6.45) is 1.66. The van der Waals surface area contributed by atoms with Crippen molar-refractivity contribution in [2.75, 3.05) is 6.54 Å². The Kier molecular flexibility index (Phi) is 4.64. The maximum Gasteiger partial charge on any atom is 0.410 e. The largest absolute Gasteiger partial charge is 0.444 e. The summed E-state index contributed by atoms with van der Waals surface area (Å²) >= 11 is 1.68. The van der Waals surface area contributed by atoms with Crippen LogP contribution in [0.4, 0.5) is 4.79 Å². The molecule has 1 aromatic heterocycles. The molecule has 27 heavy (non-hydrogen) atoms. The number of benzene rings is 2. The third-order valence-corrected chi connectivity index (χ3v) is 5.81. The van der Waals surface area contributed by atoms with Crippen molar-refractivity contribution in [3.05, 3.63) is 53.5 Å². The highest BCUT2D eigenvalue weighted by Gasteiger charge is 2.35. The molecule has 1 atom stereocenters. The van der Waals surface area contributed by atoms with Crippen LogP contribution in [0.15, 0.2) is 48.5 Å². The Morgan fingerprint density at radius 3 is 2.67 bits per heavy atom. The van der Waals surface area contributed by atoms with Gasteiger partial charge in [-0.25, -0.2) is 9.78 Å². The second-order valence-electron chi connectivity index (χ2n) is 7.90. The minimum atomic E-state index is -0.488. The Morgan fingerprint density at radius 2 is 1.93 bits per heavy atom. The minimum absolute atomic E-state index is 0.000809. The van der Waals surface area contributed by atoms with Crippen molar-refractivity contribution in [3.63, 3.8) is 0 Å². The molecule has 2 aromatic carbocycles. The number of hydrogen-bond donors (Lipinski definition) is 0. The molecule has 0 saturated carbocycles. The third kappa shape index (κ3) is 3.69. The first-order chi connectivity index (χ1) is 12.9. The van der Waals surface area contributed by atoms with Gasteiger partial charge in [0, 0.05) is 12.1 Å². The van der Waals surface area contributed by atoms with Gasteiger partial charge < -0.3 is 4.74 Å². The molecule has 1 fully saturated rings. The van der Waals surface area contributed by atoms with Crippen LogP contribution in [-0.4, -0.2) is 28.1 Å². The van der Waals surface area contributed by atoms with Gasteiger partial charge in [0.15, 0.2) is 0 Å². The zero-order valence-corrected chi connectivity index (χ0v) is 16.8. The van der Waals surface area contributed by atoms with Gasteiger partial charge in [0.25, 0.3) is 0 Å². The normalized spacial score (nSPS) is 17.4. The molecule has 1 aliphatic heterocycles. The Bertz CT molecular complexity index is 959. The fraction of sp³-hybridized carbons (Fsp3) is 0.364. The summed E-state index contributed by atoms with van der Waals surface area (Å²) in [4.78, 5) is 19.4. The zero-order chi connectivity index (χ0) is 19.0. The summed E-state index contributed by atoms with van der Waals surface area (Å²) in [6, 6.07) is 16.6. The lowest BCUT2D eigenvalue weighted by molar-refractivity contribution is 0.0224. The number of nitrogens with zero attached hydrogens (tertiary/aromatic N) is 2. The smallest absolute Gasteiger partial charge is 0.410 e. The summed E-state index contributed by atoms with van der Waals surface area (Å²) < 4.78 is 6.76. The van der Waals surface area contributed by atoms with Gasteiger partial charge in [-0.15, -0.1) is 11.3 Å². The van der Waals surface area contributed by atoms with Crippen molar-refractivity contribution in [1.29, 1.82) is 0 Å². The number of para-hydroxylation sites is 1. The Balaban J connectivity index is 1.69. The van der Waals surface area contributed by atoms with E-state index in [9.17, 15) is 4.79 Å². The first-order valence-electron chi connectivity index (χ1n) is 9.37. The second kappa shape index (κ2) is 6.97. The molecule has 0 aliphatic carbocycles. The Morgan fingerprint density at radius 1 is 1.15 bits per heavy atom. The molecule has 0 radical (unpaired) electrons. The number of carbonyl (C=O) groups is 1. The average Bonchev–Trinajstić information content (AvgIpc) is 3.27. The third-order valence-electron chi connectivity index (χ3n) is 4.69. The number of amides is 1. The van der Waals surface area contributed by atoms with Crippen LogP contribution < -0.4 is 0 Å². The van der Waals surface area contributed by atoms with Gasteiger partial charge in [-0.1, -0.05) is 42.5 Å². The molecule has 3 aromatic rings. The molecule has 0 N–H and O–H groups in total. The summed E-state index contributed by atoms with van der Waals surface area (Å²) in [5.74, 6) is 0. The van der Waals surface area contributed by atoms with Gasteiger partial charge in [0.2, 0.25) is 0 Å². The molecular formula is C22H24N2O2S. The van der Waals surface area contributed by atoms with E-state index < -0.39 is 5.60 Å². The Labute approximate surface area is 163 Å². The summed E-state index contributed by atoms with van der Waals surface area (Å²) in [6.45, 7) is 6.43. The quantitative estimate of drug-likeness (QED) is 0.545. The molecule has 1 unspecified atom stereocenters. The lowest BCUT2D eigenvalue weighted by atomic mass is 10.0. The van der Waals surface area contributed by atoms with E-state index in [4.69, 9.17) is 9.72 Å². The summed E-state index contributed by atoms with van der Waals surface area (Å²) in [7, 11) is 0. The van der Waals surface area contributed by atoms with Gasteiger partial charge in [0.05, 0.1) is 16.3 Å². The van der Waals surface area contributed by atoms with E-state index in [0.29, 0.717) is 0 Å². The minimum Gasteiger partial charge on any atom is -0.444 e. The fourth-order valence-corrected chi connectivity index (χ4v) is 4.66. The number of thiazole rings is 1. The lowest BCUT2D eigenvalue weighted by Gasteiger charge is -2.27. The second-order valence-corrected chi connectivity index (χ2v) is 8.96. The standard InChI is InChI=1S/C22H24N2O2S/c1-22(2,3)26-21(25)24-14-8-12-17(24)20-23-19-16(11-7-13-18(19)27-20)15-9-5-4-6-10-15/h4-7,9-11,13,17H,8,12,14H2,1-3H3. The maximum atomic E-state index is 12.6. The number of carbonyl (C=O) groups excluding carboxylic acids is 1. The number of hydrogen-bond acceptors (Lipinski definition) is 4. The average molecular weight is 381 g/mol. The van der Waals surface area contributed by atoms with Gasteiger partial charge in [-0.3, -0.25) is 4.90 Å². The number of fused-ring (bicyclic) bond motifs is 1. The number of rotatable bonds is 2. The van der Waals surface area contributed by atoms with Crippen LogP contribution in [0.5, 0.6) is 0 Å². The van der Waals surface area contributed by atoms with Crippen LogP contribution in [0, 0.1) is 0 Å². The SMILES string of the molecule is CC(C)(C)OC(=O)N1CCCC1c1nc2c(-c3ccccc3)cccc2s1. The van der Waals surface area contributed by atoms with Crippen LogP contribution in [-0.2, 0) is 4.74 Å². The van der Waals surface area contributed by atoms with Crippen LogP contribution >= 0.6 is 11.3 Å². The highest BCUT2D eigenvalue weighted by molar-refractivity contribution is 7.18. The fourth-order valence-electron chi connectivity index (χ4n) is 3.52. The molecule has 4 nitrogen and oxygen atoms in total. The van der Waals surface area contributed by atoms with Crippen LogP contribution in [0.2, 0.25) is 0 Å². The van der Waals surface area contributed by atoms with Crippen molar-refractivity contribution in [2.45, 2.75) is 45.3 Å². The first kappa shape index (κ1) is 18.0. The molecule has 0 bridgehead atoms. The monoisotopic (exact) mass is 380 g/mol. The molecule has 1 aliphatic rings. The number of ether oxygens (including phenoxy) is 1. The van der Waals surface area contributed by atoms with E-state index in [2.05, 4.69) is 30.3 Å². The van der Waals surface area contributed by atoms with Crippen molar-refractivity contribution in [1.82, 2.24) is 9.88 Å². The van der Waals surface area contributed by atoms with E-state index in [1.807, 2.05) is 43.9 Å². The predicted molar refractivity (Wildman–Crippen MR) is 110 cm³/mol. The van der Waals surface area contributed by atoms with Crippen LogP contribution in [0.1, 0.15) is 44.7 Å². The lowest BCUT2D eigenvalue weighted by Crippen LogP contribution is -2.36. The Hall–Kier alpha value is -2.40. The molecule has 2 heterocycles. The van der Waals surface area contributed by atoms with Gasteiger partial charge in [-0.2, -0.15) is 0 Å². The molecular weight excluding hydrogens is 356 g/mol. The first-order valence-corrected chi connectivity index (χ1v) is 10.2. The van der Waals surface area contributed by atoms with E-state index in [0.717, 1.165) is 45.7 Å². The van der Waals surface area contributed by atoms with Crippen molar-refractivity contribution in [2.24, 2.45) is 0 Å². The maximum absolute atomic E-state index is 12.6. The molecule has 4 rings (SSSR count). The molecule has 1 amide bonds. The highest BCUT2D eigenvalue weighted by Crippen LogP contribution is 2.39. The number of aromatic nitrogens is 1. The predicted octanol–water partition coefficient (Wildman–Crippen LogP) is 6.04. The van der Waals surface area contributed by atoms with Crippen LogP contribution in [0.3, 0.4) is 0 Å². The van der Waals surface area contributed by atoms with E-state index >= 15 is 0 Å². The van der Waals surface area contributed by atoms with E-state index in [-0.39, 0.29) is 12.1 Å². The molecule has 5 heteroatoms. The van der Waals surface area contributed by atoms with Gasteiger partial charge >= 0.3 is 6.09 Å². The van der Waals surface area contributed by atoms with E-state index in [1.165, 1.54) is 0 Å². The van der Waals surface area contributed by atoms with Gasteiger partial charge in [0.1, 0.15) is 10.6 Å². The number of likely N-dealkylation sites (tertiary alicyclic amines) is 1. The van der Waals surface area contributed by atoms with Crippen molar-refractivity contribution in [3.8, 4) is 11.1 Å². The summed E-state index contributed by atoms with van der Waals surface area (Å²) in [5, 5.41) is 0.997. The molecule has 1 saturated heterocycles. The molecule has 0 spiro atoms. The van der Waals surface area contributed by atoms with Crippen molar-refractivity contribution < 1.29 is 9.53 Å². The zero-order valence-electron chi connectivity index (χ0n) is 15.9.